The summed E-state index contributed by atoms with van der Waals surface area (Å²) >= 11 is 0. The highest BCUT2D eigenvalue weighted by Crippen LogP contribution is 2.39. The minimum Gasteiger partial charge on any atom is -0.393 e. The second-order valence-corrected chi connectivity index (χ2v) is 7.92. The van der Waals surface area contributed by atoms with Crippen molar-refractivity contribution < 1.29 is 10.2 Å². The number of rotatable bonds is 6. The maximum Gasteiger partial charge on any atom is 0.165 e. The Labute approximate surface area is 197 Å². The number of anilines is 2. The molecular weight excluding hydrogens is 426 g/mol. The number of aromatic nitrogens is 4. The molecule has 2 aromatic carbocycles. The summed E-state index contributed by atoms with van der Waals surface area (Å²) < 4.78 is 0. The molecule has 34 heavy (non-hydrogen) atoms. The predicted molar refractivity (Wildman–Crippen MR) is 133 cm³/mol. The van der Waals surface area contributed by atoms with Crippen LogP contribution in [-0.4, -0.2) is 44.0 Å². The van der Waals surface area contributed by atoms with E-state index in [1.165, 1.54) is 0 Å². The summed E-state index contributed by atoms with van der Waals surface area (Å²) in [5.74, 6) is 1.43. The van der Waals surface area contributed by atoms with Crippen LogP contribution in [0.15, 0.2) is 91.4 Å². The molecule has 0 fully saturated rings. The highest BCUT2D eigenvalue weighted by Gasteiger charge is 2.20. The molecule has 1 atom stereocenters. The van der Waals surface area contributed by atoms with E-state index in [0.717, 1.165) is 27.7 Å². The number of aliphatic hydroxyl groups excluding tert-OH is 2. The molecule has 0 saturated heterocycles. The Bertz CT molecular complexity index is 1430. The van der Waals surface area contributed by atoms with E-state index in [1.54, 1.807) is 24.7 Å². The van der Waals surface area contributed by atoms with Gasteiger partial charge in [0.2, 0.25) is 0 Å². The lowest BCUT2D eigenvalue weighted by molar-refractivity contribution is 0.0954. The smallest absolute Gasteiger partial charge is 0.165 e. The molecule has 5 aromatic rings. The van der Waals surface area contributed by atoms with Gasteiger partial charge in [-0.3, -0.25) is 4.98 Å². The van der Waals surface area contributed by atoms with Gasteiger partial charge in [-0.15, -0.1) is 10.2 Å². The Morgan fingerprint density at radius 3 is 2.47 bits per heavy atom. The van der Waals surface area contributed by atoms with Crippen molar-refractivity contribution in [3.05, 3.63) is 97.0 Å². The first kappa shape index (κ1) is 21.6. The molecule has 0 radical (unpaired) electrons. The molecule has 0 aliphatic rings. The fourth-order valence-electron chi connectivity index (χ4n) is 4.03. The van der Waals surface area contributed by atoms with Gasteiger partial charge in [-0.1, -0.05) is 54.6 Å². The normalized spacial score (nSPS) is 12.0. The van der Waals surface area contributed by atoms with E-state index in [-0.39, 0.29) is 6.61 Å². The zero-order chi connectivity index (χ0) is 23.5. The first-order valence-electron chi connectivity index (χ1n) is 10.9. The zero-order valence-corrected chi connectivity index (χ0v) is 18.6. The van der Waals surface area contributed by atoms with Crippen LogP contribution in [-0.2, 0) is 0 Å². The summed E-state index contributed by atoms with van der Waals surface area (Å²) in [7, 11) is 1.92. The number of benzene rings is 2. The predicted octanol–water partition coefficient (Wildman–Crippen LogP) is 4.55. The average molecular weight is 450 g/mol. The fourth-order valence-corrected chi connectivity index (χ4v) is 4.03. The summed E-state index contributed by atoms with van der Waals surface area (Å²) in [6.45, 7) is -0.385. The van der Waals surface area contributed by atoms with Crippen LogP contribution in [0.5, 0.6) is 0 Å². The Kier molecular flexibility index (Phi) is 5.95. The molecular formula is C27H23N5O2. The summed E-state index contributed by atoms with van der Waals surface area (Å²) in [6.07, 6.45) is 3.96. The van der Waals surface area contributed by atoms with Crippen molar-refractivity contribution in [2.24, 2.45) is 0 Å². The van der Waals surface area contributed by atoms with Crippen molar-refractivity contribution in [2.75, 3.05) is 18.6 Å². The van der Waals surface area contributed by atoms with Crippen LogP contribution in [0.4, 0.5) is 11.6 Å². The molecule has 5 rings (SSSR count). The third-order valence-electron chi connectivity index (χ3n) is 5.77. The summed E-state index contributed by atoms with van der Waals surface area (Å²) in [4.78, 5) is 10.7. The third kappa shape index (κ3) is 3.98. The molecule has 0 aliphatic carbocycles. The maximum atomic E-state index is 10.1. The quantitative estimate of drug-likeness (QED) is 0.393. The van der Waals surface area contributed by atoms with Crippen LogP contribution in [0, 0.1) is 0 Å². The number of aliphatic hydroxyl groups is 2. The van der Waals surface area contributed by atoms with Crippen molar-refractivity contribution in [1.29, 1.82) is 0 Å². The van der Waals surface area contributed by atoms with Gasteiger partial charge in [-0.05, 0) is 29.3 Å². The molecule has 0 spiro atoms. The molecule has 0 bridgehead atoms. The highest BCUT2D eigenvalue weighted by atomic mass is 16.3. The number of hydrogen-bond acceptors (Lipinski definition) is 7. The van der Waals surface area contributed by atoms with E-state index in [9.17, 15) is 10.2 Å². The minimum absolute atomic E-state index is 0.385. The first-order chi connectivity index (χ1) is 16.7. The van der Waals surface area contributed by atoms with E-state index in [4.69, 9.17) is 0 Å². The summed E-state index contributed by atoms with van der Waals surface area (Å²) in [5, 5.41) is 30.5. The molecule has 2 N–H and O–H groups in total. The fraction of sp³-hybridized carbons (Fsp3) is 0.111. The van der Waals surface area contributed by atoms with Gasteiger partial charge in [-0.25, -0.2) is 4.98 Å². The SMILES string of the molecule is CN(c1ccccn1)c1nnc(-c2cncc(C(O)CO)c2)c2cccc(-c3ccccc3)c12. The number of pyridine rings is 2. The highest BCUT2D eigenvalue weighted by molar-refractivity contribution is 6.09. The Morgan fingerprint density at radius 2 is 1.71 bits per heavy atom. The van der Waals surface area contributed by atoms with Crippen LogP contribution in [0.1, 0.15) is 11.7 Å². The standard InChI is InChI=1S/C27H23N5O2/c1-32(24-12-5-6-13-29-24)27-25-21(18-8-3-2-4-9-18)10-7-11-22(25)26(30-31-27)20-14-19(15-28-16-20)23(34)17-33/h2-16,23,33-34H,17H2,1H3. The van der Waals surface area contributed by atoms with Gasteiger partial charge in [0, 0.05) is 47.5 Å². The Morgan fingerprint density at radius 1 is 0.882 bits per heavy atom. The average Bonchev–Trinajstić information content (AvgIpc) is 2.92. The lowest BCUT2D eigenvalue weighted by Gasteiger charge is -2.21. The number of fused-ring (bicyclic) bond motifs is 1. The second-order valence-electron chi connectivity index (χ2n) is 7.92. The Balaban J connectivity index is 1.78. The van der Waals surface area contributed by atoms with Crippen molar-refractivity contribution >= 4 is 22.4 Å². The monoisotopic (exact) mass is 449 g/mol. The lowest BCUT2D eigenvalue weighted by Crippen LogP contribution is -2.14. The van der Waals surface area contributed by atoms with Crippen LogP contribution in [0.2, 0.25) is 0 Å². The molecule has 7 nitrogen and oxygen atoms in total. The van der Waals surface area contributed by atoms with Crippen LogP contribution >= 0.6 is 0 Å². The molecule has 168 valence electrons. The van der Waals surface area contributed by atoms with Crippen molar-refractivity contribution in [3.63, 3.8) is 0 Å². The zero-order valence-electron chi connectivity index (χ0n) is 18.6. The van der Waals surface area contributed by atoms with E-state index in [0.29, 0.717) is 22.6 Å². The molecule has 0 aliphatic heterocycles. The van der Waals surface area contributed by atoms with Crippen LogP contribution < -0.4 is 4.90 Å². The number of nitrogens with zero attached hydrogens (tertiary/aromatic N) is 5. The van der Waals surface area contributed by atoms with Gasteiger partial charge in [0.1, 0.15) is 17.6 Å². The van der Waals surface area contributed by atoms with Gasteiger partial charge in [-0.2, -0.15) is 0 Å². The number of hydrogen-bond donors (Lipinski definition) is 2. The topological polar surface area (TPSA) is 95.3 Å². The molecule has 0 saturated carbocycles. The van der Waals surface area contributed by atoms with Crippen molar-refractivity contribution in [3.8, 4) is 22.4 Å². The van der Waals surface area contributed by atoms with Gasteiger partial charge >= 0.3 is 0 Å². The maximum absolute atomic E-state index is 10.1. The summed E-state index contributed by atoms with van der Waals surface area (Å²) in [5.41, 5.74) is 3.95. The van der Waals surface area contributed by atoms with Gasteiger partial charge in [0.05, 0.1) is 6.61 Å². The summed E-state index contributed by atoms with van der Waals surface area (Å²) in [6, 6.07) is 23.8. The largest absolute Gasteiger partial charge is 0.393 e. The van der Waals surface area contributed by atoms with Gasteiger partial charge < -0.3 is 15.1 Å². The van der Waals surface area contributed by atoms with E-state index in [1.807, 2.05) is 60.5 Å². The van der Waals surface area contributed by atoms with Crippen LogP contribution in [0.25, 0.3) is 33.2 Å². The molecule has 3 aromatic heterocycles. The van der Waals surface area contributed by atoms with Gasteiger partial charge in [0.15, 0.2) is 5.82 Å². The molecule has 7 heteroatoms. The third-order valence-corrected chi connectivity index (χ3v) is 5.77. The first-order valence-corrected chi connectivity index (χ1v) is 10.9. The molecule has 1 unspecified atom stereocenters. The van der Waals surface area contributed by atoms with E-state index >= 15 is 0 Å². The molecule has 3 heterocycles. The lowest BCUT2D eigenvalue weighted by atomic mass is 9.96. The second kappa shape index (κ2) is 9.35. The minimum atomic E-state index is -1.01. The Hall–Kier alpha value is -4.20. The van der Waals surface area contributed by atoms with Crippen molar-refractivity contribution in [2.45, 2.75) is 6.10 Å². The van der Waals surface area contributed by atoms with Crippen LogP contribution in [0.3, 0.4) is 0 Å². The van der Waals surface area contributed by atoms with Crippen molar-refractivity contribution in [1.82, 2.24) is 20.2 Å². The van der Waals surface area contributed by atoms with Gasteiger partial charge in [0.25, 0.3) is 0 Å². The van der Waals surface area contributed by atoms with E-state index < -0.39 is 6.10 Å². The van der Waals surface area contributed by atoms with E-state index in [2.05, 4.69) is 38.4 Å². The molecule has 0 amide bonds.